The molecule has 172 valence electrons. The predicted molar refractivity (Wildman–Crippen MR) is 122 cm³/mol. The lowest BCUT2D eigenvalue weighted by atomic mass is 9.82. The molecule has 1 amide bonds. The summed E-state index contributed by atoms with van der Waals surface area (Å²) >= 11 is 0. The van der Waals surface area contributed by atoms with Gasteiger partial charge in [-0.1, -0.05) is 12.1 Å². The minimum atomic E-state index is -0.928. The molecule has 0 aliphatic heterocycles. The second kappa shape index (κ2) is 8.54. The van der Waals surface area contributed by atoms with E-state index in [1.807, 2.05) is 12.1 Å². The third-order valence-electron chi connectivity index (χ3n) is 7.10. The van der Waals surface area contributed by atoms with Crippen LogP contribution in [0.1, 0.15) is 35.2 Å². The van der Waals surface area contributed by atoms with E-state index in [9.17, 15) is 19.1 Å². The second-order valence-corrected chi connectivity index (χ2v) is 9.05. The smallest absolute Gasteiger partial charge is 0.323 e. The van der Waals surface area contributed by atoms with Gasteiger partial charge < -0.3 is 19.7 Å². The first kappa shape index (κ1) is 21.5. The number of aliphatic carboxylic acids is 1. The molecule has 2 unspecified atom stereocenters. The molecule has 5 rings (SSSR count). The van der Waals surface area contributed by atoms with Crippen LogP contribution in [0, 0.1) is 11.7 Å². The van der Waals surface area contributed by atoms with E-state index in [0.717, 1.165) is 52.7 Å². The summed E-state index contributed by atoms with van der Waals surface area (Å²) in [6.07, 6.45) is 4.25. The maximum absolute atomic E-state index is 14.0. The Balaban J connectivity index is 1.36. The Morgan fingerprint density at radius 3 is 2.79 bits per heavy atom. The highest BCUT2D eigenvalue weighted by Crippen LogP contribution is 2.35. The Kier molecular flexibility index (Phi) is 5.56. The van der Waals surface area contributed by atoms with Crippen molar-refractivity contribution in [1.82, 2.24) is 9.88 Å². The van der Waals surface area contributed by atoms with E-state index in [-0.39, 0.29) is 30.2 Å². The summed E-state index contributed by atoms with van der Waals surface area (Å²) in [4.78, 5) is 24.6. The lowest BCUT2D eigenvalue weighted by Crippen LogP contribution is -2.43. The van der Waals surface area contributed by atoms with Gasteiger partial charge in [0.25, 0.3) is 0 Å². The van der Waals surface area contributed by atoms with Gasteiger partial charge in [-0.15, -0.1) is 0 Å². The van der Waals surface area contributed by atoms with Crippen LogP contribution in [-0.4, -0.2) is 34.7 Å². The zero-order chi connectivity index (χ0) is 23.1. The molecule has 2 atom stereocenters. The van der Waals surface area contributed by atoms with E-state index in [1.165, 1.54) is 17.7 Å². The number of aryl methyl sites for hydroxylation is 1. The molecule has 0 bridgehead atoms. The quantitative estimate of drug-likeness (QED) is 0.622. The number of carboxylic acids is 1. The normalized spacial score (nSPS) is 19.6. The summed E-state index contributed by atoms with van der Waals surface area (Å²) in [5.74, 6) is -0.511. The summed E-state index contributed by atoms with van der Waals surface area (Å²) in [6, 6.07) is 10.4. The number of fused-ring (bicyclic) bond motifs is 4. The molecule has 3 aromatic rings. The van der Waals surface area contributed by atoms with E-state index in [0.29, 0.717) is 19.3 Å². The van der Waals surface area contributed by atoms with E-state index < -0.39 is 5.97 Å². The fourth-order valence-electron chi connectivity index (χ4n) is 5.55. The highest BCUT2D eigenvalue weighted by molar-refractivity contribution is 5.87. The van der Waals surface area contributed by atoms with E-state index in [1.54, 1.807) is 17.7 Å². The summed E-state index contributed by atoms with van der Waals surface area (Å²) in [5, 5.41) is 13.3. The van der Waals surface area contributed by atoms with Crippen LogP contribution in [0.5, 0.6) is 5.75 Å². The maximum Gasteiger partial charge on any atom is 0.323 e. The molecule has 0 spiro atoms. The van der Waals surface area contributed by atoms with Crippen molar-refractivity contribution in [2.75, 3.05) is 7.11 Å². The van der Waals surface area contributed by atoms with Gasteiger partial charge in [-0.2, -0.15) is 0 Å². The Morgan fingerprint density at radius 1 is 1.15 bits per heavy atom. The number of hydrogen-bond acceptors (Lipinski definition) is 3. The van der Waals surface area contributed by atoms with Gasteiger partial charge in [-0.3, -0.25) is 9.59 Å². The topological polar surface area (TPSA) is 80.6 Å². The molecule has 2 aliphatic carbocycles. The highest BCUT2D eigenvalue weighted by Gasteiger charge is 2.31. The van der Waals surface area contributed by atoms with Gasteiger partial charge in [0.05, 0.1) is 7.11 Å². The zero-order valence-electron chi connectivity index (χ0n) is 18.6. The van der Waals surface area contributed by atoms with Crippen molar-refractivity contribution >= 4 is 22.8 Å². The lowest BCUT2D eigenvalue weighted by molar-refractivity contribution is -0.137. The molecular formula is C26H27FN2O4. The number of ether oxygens (including phenoxy) is 1. The minimum Gasteiger partial charge on any atom is -0.496 e. The summed E-state index contributed by atoms with van der Waals surface area (Å²) < 4.78 is 21.3. The van der Waals surface area contributed by atoms with Gasteiger partial charge in [-0.05, 0) is 79.5 Å². The average Bonchev–Trinajstić information content (AvgIpc) is 3.09. The molecule has 0 saturated heterocycles. The summed E-state index contributed by atoms with van der Waals surface area (Å²) in [5.41, 5.74) is 4.96. The van der Waals surface area contributed by atoms with Crippen LogP contribution in [0.3, 0.4) is 0 Å². The van der Waals surface area contributed by atoms with Crippen molar-refractivity contribution < 1.29 is 23.8 Å². The number of rotatable bonds is 5. The van der Waals surface area contributed by atoms with Crippen LogP contribution < -0.4 is 10.1 Å². The number of benzene rings is 2. The summed E-state index contributed by atoms with van der Waals surface area (Å²) in [6.45, 7) is -0.155. The third kappa shape index (κ3) is 3.96. The first-order chi connectivity index (χ1) is 15.9. The predicted octanol–water partition coefficient (Wildman–Crippen LogP) is 3.65. The van der Waals surface area contributed by atoms with Crippen LogP contribution in [-0.2, 0) is 41.8 Å². The first-order valence-electron chi connectivity index (χ1n) is 11.4. The van der Waals surface area contributed by atoms with Gasteiger partial charge in [0, 0.05) is 28.6 Å². The number of methoxy groups -OCH3 is 1. The lowest BCUT2D eigenvalue weighted by Gasteiger charge is -2.29. The average molecular weight is 451 g/mol. The Hall–Kier alpha value is -3.35. The molecule has 0 radical (unpaired) electrons. The molecular weight excluding hydrogens is 423 g/mol. The molecule has 7 heteroatoms. The van der Waals surface area contributed by atoms with Gasteiger partial charge in [-0.25, -0.2) is 4.39 Å². The number of carbonyl (C=O) groups excluding carboxylic acids is 1. The van der Waals surface area contributed by atoms with Crippen molar-refractivity contribution in [3.8, 4) is 5.75 Å². The van der Waals surface area contributed by atoms with Crippen molar-refractivity contribution in [3.63, 3.8) is 0 Å². The van der Waals surface area contributed by atoms with Crippen LogP contribution in [0.25, 0.3) is 10.9 Å². The molecule has 2 aliphatic rings. The monoisotopic (exact) mass is 450 g/mol. The number of nitrogens with one attached hydrogen (secondary N) is 1. The fourth-order valence-corrected chi connectivity index (χ4v) is 5.55. The number of hydrogen-bond donors (Lipinski definition) is 2. The molecule has 1 heterocycles. The molecule has 6 nitrogen and oxygen atoms in total. The maximum atomic E-state index is 14.0. The second-order valence-electron chi connectivity index (χ2n) is 9.05. The van der Waals surface area contributed by atoms with Gasteiger partial charge >= 0.3 is 5.97 Å². The number of carbonyl (C=O) groups is 2. The van der Waals surface area contributed by atoms with Crippen LogP contribution in [0.4, 0.5) is 4.39 Å². The van der Waals surface area contributed by atoms with E-state index >= 15 is 0 Å². The molecule has 0 fully saturated rings. The van der Waals surface area contributed by atoms with Crippen molar-refractivity contribution in [2.45, 2.75) is 51.1 Å². The SMILES string of the molecule is COc1cccc2c1CC(C(=O)NC1CCc3c(c4cc(F)ccc4n3CC(=O)O)C1)CC2. The molecule has 33 heavy (non-hydrogen) atoms. The molecule has 1 aromatic heterocycles. The van der Waals surface area contributed by atoms with Crippen LogP contribution in [0.2, 0.25) is 0 Å². The van der Waals surface area contributed by atoms with Crippen LogP contribution >= 0.6 is 0 Å². The van der Waals surface area contributed by atoms with Gasteiger partial charge in [0.15, 0.2) is 0 Å². The number of nitrogens with zero attached hydrogens (tertiary/aromatic N) is 1. The molecule has 2 aromatic carbocycles. The van der Waals surface area contributed by atoms with Gasteiger partial charge in [0.2, 0.25) is 5.91 Å². The number of carboxylic acid groups (broad SMARTS) is 1. The standard InChI is InChI=1S/C26H27FN2O4/c1-33-24-4-2-3-15-5-6-16(11-19(15)24)26(32)28-18-8-10-23-21(13-18)20-12-17(27)7-9-22(20)29(23)14-25(30)31/h2-4,7,9,12,16,18H,5-6,8,10-11,13-14H2,1H3,(H,28,32)(H,30,31). The third-order valence-corrected chi connectivity index (χ3v) is 7.10. The number of halogens is 1. The fraction of sp³-hybridized carbons (Fsp3) is 0.385. The van der Waals surface area contributed by atoms with Gasteiger partial charge in [0.1, 0.15) is 18.1 Å². The molecule has 0 saturated carbocycles. The van der Waals surface area contributed by atoms with Crippen molar-refractivity contribution in [1.29, 1.82) is 0 Å². The van der Waals surface area contributed by atoms with Crippen LogP contribution in [0.15, 0.2) is 36.4 Å². The minimum absolute atomic E-state index is 0.0421. The Morgan fingerprint density at radius 2 is 2.00 bits per heavy atom. The van der Waals surface area contributed by atoms with E-state index in [4.69, 9.17) is 4.74 Å². The highest BCUT2D eigenvalue weighted by atomic mass is 19.1. The zero-order valence-corrected chi connectivity index (χ0v) is 18.6. The Labute approximate surface area is 191 Å². The van der Waals surface area contributed by atoms with Crippen molar-refractivity contribution in [3.05, 3.63) is 64.6 Å². The summed E-state index contributed by atoms with van der Waals surface area (Å²) in [7, 11) is 1.66. The van der Waals surface area contributed by atoms with Crippen molar-refractivity contribution in [2.24, 2.45) is 5.92 Å². The molecule has 2 N–H and O–H groups in total. The van der Waals surface area contributed by atoms with E-state index in [2.05, 4.69) is 11.4 Å². The number of aromatic nitrogens is 1. The number of amides is 1. The first-order valence-corrected chi connectivity index (χ1v) is 11.4. The largest absolute Gasteiger partial charge is 0.496 e. The Bertz CT molecular complexity index is 1230.